The van der Waals surface area contributed by atoms with E-state index in [1.54, 1.807) is 0 Å². The van der Waals surface area contributed by atoms with Gasteiger partial charge in [0, 0.05) is 25.3 Å². The van der Waals surface area contributed by atoms with Gasteiger partial charge in [0.1, 0.15) is 5.69 Å². The molecule has 0 spiro atoms. The average Bonchev–Trinajstić information content (AvgIpc) is 2.87. The van der Waals surface area contributed by atoms with Crippen molar-refractivity contribution in [2.24, 2.45) is 5.92 Å². The van der Waals surface area contributed by atoms with Crippen LogP contribution >= 0.6 is 0 Å². The van der Waals surface area contributed by atoms with Gasteiger partial charge in [0.15, 0.2) is 0 Å². The molecule has 0 aliphatic carbocycles. The van der Waals surface area contributed by atoms with Crippen LogP contribution in [0.3, 0.4) is 0 Å². The molecule has 2 heterocycles. The Morgan fingerprint density at radius 1 is 1.63 bits per heavy atom. The second-order valence-corrected chi connectivity index (χ2v) is 5.44. The fourth-order valence-electron chi connectivity index (χ4n) is 2.57. The van der Waals surface area contributed by atoms with Crippen molar-refractivity contribution in [3.8, 4) is 0 Å². The number of likely N-dealkylation sites (tertiary alicyclic amines) is 1. The molecule has 19 heavy (non-hydrogen) atoms. The molecule has 0 bridgehead atoms. The molecule has 1 unspecified atom stereocenters. The molecule has 1 saturated heterocycles. The Morgan fingerprint density at radius 2 is 2.47 bits per heavy atom. The van der Waals surface area contributed by atoms with E-state index < -0.39 is 0 Å². The molecule has 1 aliphatic heterocycles. The summed E-state index contributed by atoms with van der Waals surface area (Å²) >= 11 is 0. The van der Waals surface area contributed by atoms with Crippen molar-refractivity contribution in [3.63, 3.8) is 0 Å². The summed E-state index contributed by atoms with van der Waals surface area (Å²) < 4.78 is 0. The van der Waals surface area contributed by atoms with Crippen LogP contribution in [0.4, 0.5) is 0 Å². The smallest absolute Gasteiger partial charge is 0.271 e. The second-order valence-electron chi connectivity index (χ2n) is 5.44. The van der Waals surface area contributed by atoms with E-state index in [0.29, 0.717) is 12.2 Å². The standard InChI is InChI=1S/C14H24N4O/c1-3-12-9-13(17-16-12)14(19)15-6-8-18-7-4-5-11(2)10-18/h9,11H,3-8,10H2,1-2H3,(H,15,19)(H,16,17). The monoisotopic (exact) mass is 264 g/mol. The van der Waals surface area contributed by atoms with Crippen LogP contribution in [0.2, 0.25) is 0 Å². The van der Waals surface area contributed by atoms with Gasteiger partial charge in [0.25, 0.3) is 5.91 Å². The number of aromatic nitrogens is 2. The zero-order chi connectivity index (χ0) is 13.7. The highest BCUT2D eigenvalue weighted by Gasteiger charge is 2.16. The van der Waals surface area contributed by atoms with E-state index in [1.165, 1.54) is 12.8 Å². The van der Waals surface area contributed by atoms with Crippen LogP contribution in [-0.4, -0.2) is 47.2 Å². The normalized spacial score (nSPS) is 20.4. The van der Waals surface area contributed by atoms with E-state index in [0.717, 1.165) is 37.7 Å². The van der Waals surface area contributed by atoms with Crippen LogP contribution < -0.4 is 5.32 Å². The van der Waals surface area contributed by atoms with Gasteiger partial charge >= 0.3 is 0 Å². The van der Waals surface area contributed by atoms with E-state index in [-0.39, 0.29) is 5.91 Å². The van der Waals surface area contributed by atoms with Crippen LogP contribution in [-0.2, 0) is 6.42 Å². The van der Waals surface area contributed by atoms with Crippen molar-refractivity contribution in [2.75, 3.05) is 26.2 Å². The highest BCUT2D eigenvalue weighted by atomic mass is 16.1. The predicted octanol–water partition coefficient (Wildman–Crippen LogP) is 1.43. The third-order valence-electron chi connectivity index (χ3n) is 3.70. The zero-order valence-electron chi connectivity index (χ0n) is 11.9. The number of aryl methyl sites for hydroxylation is 1. The molecular weight excluding hydrogens is 240 g/mol. The molecule has 5 nitrogen and oxygen atoms in total. The minimum Gasteiger partial charge on any atom is -0.349 e. The van der Waals surface area contributed by atoms with Gasteiger partial charge in [-0.25, -0.2) is 0 Å². The minimum absolute atomic E-state index is 0.0824. The molecule has 1 atom stereocenters. The molecule has 0 saturated carbocycles. The van der Waals surface area contributed by atoms with Crippen molar-refractivity contribution in [2.45, 2.75) is 33.1 Å². The van der Waals surface area contributed by atoms with Crippen LogP contribution in [0, 0.1) is 5.92 Å². The average molecular weight is 264 g/mol. The van der Waals surface area contributed by atoms with Gasteiger partial charge in [-0.3, -0.25) is 9.89 Å². The Balaban J connectivity index is 1.71. The summed E-state index contributed by atoms with van der Waals surface area (Å²) in [6, 6.07) is 1.82. The molecule has 2 rings (SSSR count). The highest BCUT2D eigenvalue weighted by molar-refractivity contribution is 5.92. The lowest BCUT2D eigenvalue weighted by Gasteiger charge is -2.30. The SMILES string of the molecule is CCc1cc(C(=O)NCCN2CCCC(C)C2)n[nH]1. The fraction of sp³-hybridized carbons (Fsp3) is 0.714. The van der Waals surface area contributed by atoms with E-state index in [1.807, 2.05) is 13.0 Å². The number of nitrogens with one attached hydrogen (secondary N) is 2. The number of carbonyl (C=O) groups is 1. The highest BCUT2D eigenvalue weighted by Crippen LogP contribution is 2.14. The maximum atomic E-state index is 11.9. The summed E-state index contributed by atoms with van der Waals surface area (Å²) in [5.74, 6) is 0.698. The number of H-pyrrole nitrogens is 1. The number of carbonyl (C=O) groups excluding carboxylic acids is 1. The van der Waals surface area contributed by atoms with Gasteiger partial charge in [-0.15, -0.1) is 0 Å². The first kappa shape index (κ1) is 14.1. The molecule has 2 N–H and O–H groups in total. The van der Waals surface area contributed by atoms with Crippen molar-refractivity contribution in [1.82, 2.24) is 20.4 Å². The molecule has 106 valence electrons. The number of rotatable bonds is 5. The summed E-state index contributed by atoms with van der Waals surface area (Å²) in [5, 5.41) is 9.81. The maximum Gasteiger partial charge on any atom is 0.271 e. The maximum absolute atomic E-state index is 11.9. The Hall–Kier alpha value is -1.36. The molecule has 0 aromatic carbocycles. The summed E-state index contributed by atoms with van der Waals surface area (Å²) in [6.07, 6.45) is 3.47. The lowest BCUT2D eigenvalue weighted by molar-refractivity contribution is 0.0939. The second kappa shape index (κ2) is 6.70. The number of hydrogen-bond acceptors (Lipinski definition) is 3. The lowest BCUT2D eigenvalue weighted by Crippen LogP contribution is -2.40. The Labute approximate surface area is 114 Å². The van der Waals surface area contributed by atoms with E-state index >= 15 is 0 Å². The predicted molar refractivity (Wildman–Crippen MR) is 75.1 cm³/mol. The van der Waals surface area contributed by atoms with Crippen LogP contribution in [0.15, 0.2) is 6.07 Å². The third-order valence-corrected chi connectivity index (χ3v) is 3.70. The lowest BCUT2D eigenvalue weighted by atomic mass is 10.0. The van der Waals surface area contributed by atoms with Gasteiger partial charge in [0.05, 0.1) is 0 Å². The molecule has 1 aliphatic rings. The minimum atomic E-state index is -0.0824. The molecule has 1 aromatic rings. The zero-order valence-corrected chi connectivity index (χ0v) is 11.9. The summed E-state index contributed by atoms with van der Waals surface area (Å²) in [5.41, 5.74) is 1.49. The Bertz CT molecular complexity index is 415. The molecule has 0 radical (unpaired) electrons. The first-order chi connectivity index (χ1) is 9.19. The molecule has 1 amide bonds. The quantitative estimate of drug-likeness (QED) is 0.846. The number of aromatic amines is 1. The Morgan fingerprint density at radius 3 is 3.16 bits per heavy atom. The number of hydrogen-bond donors (Lipinski definition) is 2. The van der Waals surface area contributed by atoms with Crippen LogP contribution in [0.25, 0.3) is 0 Å². The Kier molecular flexibility index (Phi) is 4.96. The van der Waals surface area contributed by atoms with Crippen LogP contribution in [0.5, 0.6) is 0 Å². The number of piperidine rings is 1. The van der Waals surface area contributed by atoms with Crippen molar-refractivity contribution < 1.29 is 4.79 Å². The van der Waals surface area contributed by atoms with Gasteiger partial charge in [-0.05, 0) is 37.8 Å². The van der Waals surface area contributed by atoms with Crippen molar-refractivity contribution >= 4 is 5.91 Å². The third kappa shape index (κ3) is 4.06. The number of amides is 1. The van der Waals surface area contributed by atoms with Gasteiger partial charge in [0.2, 0.25) is 0 Å². The molecule has 1 aromatic heterocycles. The van der Waals surface area contributed by atoms with E-state index in [2.05, 4.69) is 27.3 Å². The number of nitrogens with zero attached hydrogens (tertiary/aromatic N) is 2. The van der Waals surface area contributed by atoms with Gasteiger partial charge in [-0.1, -0.05) is 13.8 Å². The fourth-order valence-corrected chi connectivity index (χ4v) is 2.57. The first-order valence-corrected chi connectivity index (χ1v) is 7.24. The summed E-state index contributed by atoms with van der Waals surface area (Å²) in [7, 11) is 0. The summed E-state index contributed by atoms with van der Waals surface area (Å²) in [4.78, 5) is 14.3. The van der Waals surface area contributed by atoms with Crippen LogP contribution in [0.1, 0.15) is 42.9 Å². The molecule has 1 fully saturated rings. The first-order valence-electron chi connectivity index (χ1n) is 7.24. The molecular formula is C14H24N4O. The van der Waals surface area contributed by atoms with Crippen molar-refractivity contribution in [1.29, 1.82) is 0 Å². The van der Waals surface area contributed by atoms with E-state index in [9.17, 15) is 4.79 Å². The van der Waals surface area contributed by atoms with E-state index in [4.69, 9.17) is 0 Å². The summed E-state index contributed by atoms with van der Waals surface area (Å²) in [6.45, 7) is 8.26. The molecule has 5 heteroatoms. The van der Waals surface area contributed by atoms with Crippen molar-refractivity contribution in [3.05, 3.63) is 17.5 Å². The largest absolute Gasteiger partial charge is 0.349 e. The topological polar surface area (TPSA) is 61.0 Å². The van der Waals surface area contributed by atoms with Gasteiger partial charge < -0.3 is 10.2 Å². The van der Waals surface area contributed by atoms with Gasteiger partial charge in [-0.2, -0.15) is 5.10 Å².